The Morgan fingerprint density at radius 1 is 1.23 bits per heavy atom. The maximum absolute atomic E-state index is 12.7. The summed E-state index contributed by atoms with van der Waals surface area (Å²) in [6, 6.07) is 11.8. The van der Waals surface area contributed by atoms with Gasteiger partial charge in [-0.05, 0) is 49.5 Å². The van der Waals surface area contributed by atoms with E-state index in [2.05, 4.69) is 10.0 Å². The molecule has 1 atom stereocenters. The minimum absolute atomic E-state index is 0.131. The Balaban J connectivity index is 1.80. The highest BCUT2D eigenvalue weighted by molar-refractivity contribution is 7.89. The number of fused-ring (bicyclic) bond motifs is 1. The molecule has 0 aliphatic carbocycles. The van der Waals surface area contributed by atoms with Gasteiger partial charge >= 0.3 is 0 Å². The Labute approximate surface area is 158 Å². The van der Waals surface area contributed by atoms with E-state index >= 15 is 0 Å². The lowest BCUT2D eigenvalue weighted by Crippen LogP contribution is -2.34. The van der Waals surface area contributed by atoms with E-state index in [-0.39, 0.29) is 29.8 Å². The molecule has 26 heavy (non-hydrogen) atoms. The van der Waals surface area contributed by atoms with Gasteiger partial charge in [-0.25, -0.2) is 13.1 Å². The topological polar surface area (TPSA) is 78.5 Å². The normalized spacial score (nSPS) is 15.0. The molecule has 1 aliphatic heterocycles. The van der Waals surface area contributed by atoms with Gasteiger partial charge in [-0.2, -0.15) is 0 Å². The van der Waals surface area contributed by atoms with Crippen molar-refractivity contribution in [2.75, 3.05) is 26.0 Å². The Kier molecular flexibility index (Phi) is 5.34. The van der Waals surface area contributed by atoms with Crippen molar-refractivity contribution in [3.63, 3.8) is 0 Å². The van der Waals surface area contributed by atoms with E-state index in [1.807, 2.05) is 37.2 Å². The van der Waals surface area contributed by atoms with Crippen LogP contribution in [0.15, 0.2) is 47.4 Å². The Morgan fingerprint density at radius 3 is 2.65 bits per heavy atom. The first-order chi connectivity index (χ1) is 12.3. The van der Waals surface area contributed by atoms with Crippen LogP contribution in [0, 0.1) is 0 Å². The molecule has 138 valence electrons. The Hall–Kier alpha value is -1.93. The van der Waals surface area contributed by atoms with E-state index in [9.17, 15) is 13.2 Å². The number of rotatable bonds is 6. The molecule has 0 fully saturated rings. The Morgan fingerprint density at radius 2 is 1.96 bits per heavy atom. The first kappa shape index (κ1) is 18.8. The van der Waals surface area contributed by atoms with Gasteiger partial charge in [0, 0.05) is 23.3 Å². The van der Waals surface area contributed by atoms with E-state index in [1.165, 1.54) is 12.1 Å². The molecular weight excluding hydrogens is 374 g/mol. The van der Waals surface area contributed by atoms with Gasteiger partial charge in [0.25, 0.3) is 0 Å². The van der Waals surface area contributed by atoms with E-state index < -0.39 is 10.0 Å². The fourth-order valence-corrected chi connectivity index (χ4v) is 4.31. The fourth-order valence-electron chi connectivity index (χ4n) is 2.96. The van der Waals surface area contributed by atoms with Crippen LogP contribution >= 0.6 is 11.6 Å². The van der Waals surface area contributed by atoms with Crippen LogP contribution in [0.4, 0.5) is 5.69 Å². The number of likely N-dealkylation sites (N-methyl/N-ethyl adjacent to an activating group) is 1. The molecule has 1 heterocycles. The standard InChI is InChI=1S/C18H20ClN3O3S/c1-22(2)17(14-5-3-4-6-15(14)19)11-20-26(24,25)13-7-8-16-12(9-13)10-18(23)21-16/h3-9,17,20H,10-11H2,1-2H3,(H,21,23). The SMILES string of the molecule is CN(C)C(CNS(=O)(=O)c1ccc2c(c1)CC(=O)N2)c1ccccc1Cl. The number of hydrogen-bond acceptors (Lipinski definition) is 4. The number of halogens is 1. The Bertz CT molecular complexity index is 944. The van der Waals surface area contributed by atoms with Crippen LogP contribution in [-0.4, -0.2) is 39.9 Å². The first-order valence-corrected chi connectivity index (χ1v) is 9.97. The molecule has 3 rings (SSSR count). The zero-order valence-electron chi connectivity index (χ0n) is 14.5. The van der Waals surface area contributed by atoms with Gasteiger partial charge < -0.3 is 10.2 Å². The summed E-state index contributed by atoms with van der Waals surface area (Å²) in [6.07, 6.45) is 0.193. The number of carbonyl (C=O) groups is 1. The molecule has 1 amide bonds. The van der Waals surface area contributed by atoms with Crippen molar-refractivity contribution in [2.45, 2.75) is 17.4 Å². The molecule has 8 heteroatoms. The van der Waals surface area contributed by atoms with E-state index in [0.29, 0.717) is 16.3 Å². The number of anilines is 1. The van der Waals surface area contributed by atoms with Gasteiger partial charge in [0.15, 0.2) is 0 Å². The summed E-state index contributed by atoms with van der Waals surface area (Å²) < 4.78 is 28.0. The first-order valence-electron chi connectivity index (χ1n) is 8.11. The highest BCUT2D eigenvalue weighted by atomic mass is 35.5. The van der Waals surface area contributed by atoms with Crippen LogP contribution in [0.5, 0.6) is 0 Å². The molecule has 0 spiro atoms. The number of carbonyl (C=O) groups excluding carboxylic acids is 1. The van der Waals surface area contributed by atoms with Gasteiger partial charge in [-0.15, -0.1) is 0 Å². The third kappa shape index (κ3) is 3.91. The second kappa shape index (κ2) is 7.36. The van der Waals surface area contributed by atoms with Crippen LogP contribution in [-0.2, 0) is 21.2 Å². The average molecular weight is 394 g/mol. The number of hydrogen-bond donors (Lipinski definition) is 2. The highest BCUT2D eigenvalue weighted by Gasteiger charge is 2.24. The monoisotopic (exact) mass is 393 g/mol. The molecule has 0 saturated carbocycles. The van der Waals surface area contributed by atoms with Crippen molar-refractivity contribution in [1.82, 2.24) is 9.62 Å². The van der Waals surface area contributed by atoms with Crippen molar-refractivity contribution in [2.24, 2.45) is 0 Å². The molecule has 0 saturated heterocycles. The van der Waals surface area contributed by atoms with Crippen LogP contribution in [0.1, 0.15) is 17.2 Å². The average Bonchev–Trinajstić information content (AvgIpc) is 2.95. The molecule has 6 nitrogen and oxygen atoms in total. The third-order valence-corrected chi connectivity index (χ3v) is 6.13. The summed E-state index contributed by atoms with van der Waals surface area (Å²) in [5.41, 5.74) is 2.20. The predicted molar refractivity (Wildman–Crippen MR) is 102 cm³/mol. The number of nitrogens with zero attached hydrogens (tertiary/aromatic N) is 1. The molecule has 0 bridgehead atoms. The fraction of sp³-hybridized carbons (Fsp3) is 0.278. The van der Waals surface area contributed by atoms with Crippen LogP contribution in [0.25, 0.3) is 0 Å². The third-order valence-electron chi connectivity index (χ3n) is 4.37. The summed E-state index contributed by atoms with van der Waals surface area (Å²) in [5, 5.41) is 3.28. The lowest BCUT2D eigenvalue weighted by Gasteiger charge is -2.26. The minimum atomic E-state index is -3.71. The molecule has 1 aliphatic rings. The summed E-state index contributed by atoms with van der Waals surface area (Å²) in [7, 11) is 0.0324. The van der Waals surface area contributed by atoms with Crippen LogP contribution in [0.3, 0.4) is 0 Å². The zero-order valence-corrected chi connectivity index (χ0v) is 16.1. The number of nitrogens with one attached hydrogen (secondary N) is 2. The summed E-state index contributed by atoms with van der Waals surface area (Å²) >= 11 is 6.26. The van der Waals surface area contributed by atoms with Crippen LogP contribution in [0.2, 0.25) is 5.02 Å². The minimum Gasteiger partial charge on any atom is -0.326 e. The second-order valence-corrected chi connectivity index (χ2v) is 8.57. The number of benzene rings is 2. The number of amides is 1. The van der Waals surface area contributed by atoms with Crippen molar-refractivity contribution in [3.05, 3.63) is 58.6 Å². The molecule has 2 aromatic carbocycles. The predicted octanol–water partition coefficient (Wildman–Crippen LogP) is 2.42. The maximum atomic E-state index is 12.7. The van der Waals surface area contributed by atoms with Crippen molar-refractivity contribution >= 4 is 33.2 Å². The largest absolute Gasteiger partial charge is 0.326 e. The molecule has 1 unspecified atom stereocenters. The second-order valence-electron chi connectivity index (χ2n) is 6.40. The smallest absolute Gasteiger partial charge is 0.240 e. The van der Waals surface area contributed by atoms with Gasteiger partial charge in [-0.3, -0.25) is 4.79 Å². The van der Waals surface area contributed by atoms with Gasteiger partial charge in [-0.1, -0.05) is 29.8 Å². The van der Waals surface area contributed by atoms with E-state index in [4.69, 9.17) is 11.6 Å². The van der Waals surface area contributed by atoms with Crippen molar-refractivity contribution < 1.29 is 13.2 Å². The van der Waals surface area contributed by atoms with Crippen molar-refractivity contribution in [3.8, 4) is 0 Å². The quantitative estimate of drug-likeness (QED) is 0.790. The highest BCUT2D eigenvalue weighted by Crippen LogP contribution is 2.27. The molecule has 0 aromatic heterocycles. The lowest BCUT2D eigenvalue weighted by atomic mass is 10.1. The van der Waals surface area contributed by atoms with E-state index in [0.717, 1.165) is 5.56 Å². The molecular formula is C18H20ClN3O3S. The zero-order chi connectivity index (χ0) is 18.9. The molecule has 2 aromatic rings. The number of sulfonamides is 1. The maximum Gasteiger partial charge on any atom is 0.240 e. The molecule has 2 N–H and O–H groups in total. The lowest BCUT2D eigenvalue weighted by molar-refractivity contribution is -0.115. The summed E-state index contributed by atoms with van der Waals surface area (Å²) in [4.78, 5) is 13.5. The van der Waals surface area contributed by atoms with Gasteiger partial charge in [0.2, 0.25) is 15.9 Å². The van der Waals surface area contributed by atoms with Crippen LogP contribution < -0.4 is 10.0 Å². The van der Waals surface area contributed by atoms with Gasteiger partial charge in [0.05, 0.1) is 11.3 Å². The summed E-state index contributed by atoms with van der Waals surface area (Å²) in [5.74, 6) is -0.131. The van der Waals surface area contributed by atoms with Gasteiger partial charge in [0.1, 0.15) is 0 Å². The van der Waals surface area contributed by atoms with E-state index in [1.54, 1.807) is 12.1 Å². The van der Waals surface area contributed by atoms with Crippen molar-refractivity contribution in [1.29, 1.82) is 0 Å². The summed E-state index contributed by atoms with van der Waals surface area (Å²) in [6.45, 7) is 0.174. The molecule has 0 radical (unpaired) electrons.